The lowest BCUT2D eigenvalue weighted by Crippen LogP contribution is -1.83. The average Bonchev–Trinajstić information content (AvgIpc) is 2.12. The highest BCUT2D eigenvalue weighted by Crippen LogP contribution is 2.22. The fourth-order valence-corrected chi connectivity index (χ4v) is 1.35. The molecule has 2 N–H and O–H groups in total. The Balaban J connectivity index is 3.27. The Kier molecular flexibility index (Phi) is 1.41. The monoisotopic (exact) mass is 138 g/mol. The number of nitriles is 1. The highest BCUT2D eigenvalue weighted by atomic mass is 32.1. The van der Waals surface area contributed by atoms with Crippen LogP contribution in [0.5, 0.6) is 0 Å². The number of anilines is 1. The highest BCUT2D eigenvalue weighted by molar-refractivity contribution is 7.14. The first kappa shape index (κ1) is 6.12. The molecule has 1 aromatic heterocycles. The Bertz CT molecular complexity index is 237. The van der Waals surface area contributed by atoms with Gasteiger partial charge in [0.05, 0.1) is 5.56 Å². The van der Waals surface area contributed by atoms with Crippen LogP contribution in [0.25, 0.3) is 0 Å². The lowest BCUT2D eigenvalue weighted by molar-refractivity contribution is 1.45. The summed E-state index contributed by atoms with van der Waals surface area (Å²) in [5.74, 6) is 0. The standard InChI is InChI=1S/C6H6N2S/c1-4-3-9-6(8)5(4)2-7/h3H,8H2,1H3. The normalized spacial score (nSPS) is 8.89. The molecular weight excluding hydrogens is 132 g/mol. The molecule has 9 heavy (non-hydrogen) atoms. The van der Waals surface area contributed by atoms with Gasteiger partial charge in [-0.2, -0.15) is 5.26 Å². The molecule has 1 heterocycles. The Hall–Kier alpha value is -1.01. The van der Waals surface area contributed by atoms with Crippen molar-refractivity contribution in [1.82, 2.24) is 0 Å². The van der Waals surface area contributed by atoms with Crippen LogP contribution in [-0.2, 0) is 0 Å². The molecule has 0 saturated carbocycles. The van der Waals surface area contributed by atoms with Gasteiger partial charge in [-0.1, -0.05) is 0 Å². The smallest absolute Gasteiger partial charge is 0.104 e. The van der Waals surface area contributed by atoms with E-state index in [9.17, 15) is 0 Å². The van der Waals surface area contributed by atoms with E-state index in [2.05, 4.69) is 0 Å². The number of nitrogens with two attached hydrogens (primary N) is 1. The number of thiophene rings is 1. The number of nitrogens with zero attached hydrogens (tertiary/aromatic N) is 1. The van der Waals surface area contributed by atoms with E-state index in [1.807, 2.05) is 18.4 Å². The Morgan fingerprint density at radius 2 is 2.44 bits per heavy atom. The van der Waals surface area contributed by atoms with Gasteiger partial charge >= 0.3 is 0 Å². The molecule has 0 amide bonds. The summed E-state index contributed by atoms with van der Waals surface area (Å²) in [5.41, 5.74) is 7.05. The maximum Gasteiger partial charge on any atom is 0.104 e. The van der Waals surface area contributed by atoms with Crippen molar-refractivity contribution in [2.45, 2.75) is 6.92 Å². The molecule has 2 nitrogen and oxygen atoms in total. The molecule has 0 saturated heterocycles. The van der Waals surface area contributed by atoms with E-state index < -0.39 is 0 Å². The Labute approximate surface area is 57.5 Å². The minimum Gasteiger partial charge on any atom is -0.389 e. The highest BCUT2D eigenvalue weighted by Gasteiger charge is 2.01. The van der Waals surface area contributed by atoms with Crippen LogP contribution in [0.4, 0.5) is 5.00 Å². The molecule has 0 aromatic carbocycles. The van der Waals surface area contributed by atoms with Gasteiger partial charge in [0.15, 0.2) is 0 Å². The number of rotatable bonds is 0. The number of aryl methyl sites for hydroxylation is 1. The first-order valence-electron chi connectivity index (χ1n) is 2.49. The van der Waals surface area contributed by atoms with Crippen molar-refractivity contribution in [2.75, 3.05) is 5.73 Å². The quantitative estimate of drug-likeness (QED) is 0.590. The molecule has 0 spiro atoms. The molecule has 0 aliphatic rings. The van der Waals surface area contributed by atoms with Crippen LogP contribution < -0.4 is 5.73 Å². The van der Waals surface area contributed by atoms with E-state index in [4.69, 9.17) is 11.0 Å². The molecule has 0 radical (unpaired) electrons. The molecule has 0 aliphatic carbocycles. The van der Waals surface area contributed by atoms with E-state index in [1.165, 1.54) is 11.3 Å². The second kappa shape index (κ2) is 2.08. The molecule has 0 fully saturated rings. The van der Waals surface area contributed by atoms with Crippen LogP contribution in [-0.4, -0.2) is 0 Å². The number of hydrogen-bond donors (Lipinski definition) is 1. The zero-order valence-electron chi connectivity index (χ0n) is 5.01. The fraction of sp³-hybridized carbons (Fsp3) is 0.167. The molecular formula is C6H6N2S. The third kappa shape index (κ3) is 0.889. The van der Waals surface area contributed by atoms with E-state index in [-0.39, 0.29) is 0 Å². The number of hydrogen-bond acceptors (Lipinski definition) is 3. The van der Waals surface area contributed by atoms with Crippen LogP contribution >= 0.6 is 11.3 Å². The maximum atomic E-state index is 8.46. The Morgan fingerprint density at radius 3 is 2.67 bits per heavy atom. The van der Waals surface area contributed by atoms with Gasteiger partial charge in [-0.25, -0.2) is 0 Å². The summed E-state index contributed by atoms with van der Waals surface area (Å²) < 4.78 is 0. The first-order chi connectivity index (χ1) is 4.25. The van der Waals surface area contributed by atoms with Crippen molar-refractivity contribution in [3.05, 3.63) is 16.5 Å². The largest absolute Gasteiger partial charge is 0.389 e. The summed E-state index contributed by atoms with van der Waals surface area (Å²) in [6.07, 6.45) is 0. The van der Waals surface area contributed by atoms with Crippen LogP contribution in [0.3, 0.4) is 0 Å². The third-order valence-electron chi connectivity index (χ3n) is 1.12. The van der Waals surface area contributed by atoms with Gasteiger partial charge in [0.2, 0.25) is 0 Å². The second-order valence-electron chi connectivity index (χ2n) is 1.77. The van der Waals surface area contributed by atoms with E-state index in [0.29, 0.717) is 10.6 Å². The van der Waals surface area contributed by atoms with Crippen molar-refractivity contribution < 1.29 is 0 Å². The van der Waals surface area contributed by atoms with Crippen molar-refractivity contribution in [2.24, 2.45) is 0 Å². The lowest BCUT2D eigenvalue weighted by Gasteiger charge is -1.83. The molecule has 46 valence electrons. The van der Waals surface area contributed by atoms with E-state index >= 15 is 0 Å². The summed E-state index contributed by atoms with van der Waals surface area (Å²) in [6, 6.07) is 2.03. The summed E-state index contributed by atoms with van der Waals surface area (Å²) in [4.78, 5) is 0. The molecule has 0 aliphatic heterocycles. The van der Waals surface area contributed by atoms with E-state index in [1.54, 1.807) is 0 Å². The fourth-order valence-electron chi connectivity index (χ4n) is 0.607. The zero-order chi connectivity index (χ0) is 6.85. The van der Waals surface area contributed by atoms with Crippen molar-refractivity contribution in [1.29, 1.82) is 5.26 Å². The third-order valence-corrected chi connectivity index (χ3v) is 2.04. The molecule has 0 atom stereocenters. The van der Waals surface area contributed by atoms with E-state index in [0.717, 1.165) is 5.56 Å². The van der Waals surface area contributed by atoms with Gasteiger partial charge in [0.1, 0.15) is 11.1 Å². The predicted octanol–water partition coefficient (Wildman–Crippen LogP) is 1.51. The van der Waals surface area contributed by atoms with Gasteiger partial charge in [-0.15, -0.1) is 11.3 Å². The van der Waals surface area contributed by atoms with Crippen LogP contribution in [0.15, 0.2) is 5.38 Å². The number of nitrogen functional groups attached to an aromatic ring is 1. The lowest BCUT2D eigenvalue weighted by atomic mass is 10.2. The van der Waals surface area contributed by atoms with Gasteiger partial charge in [0, 0.05) is 0 Å². The van der Waals surface area contributed by atoms with Gasteiger partial charge < -0.3 is 5.73 Å². The van der Waals surface area contributed by atoms with Gasteiger partial charge in [-0.3, -0.25) is 0 Å². The summed E-state index contributed by atoms with van der Waals surface area (Å²) in [5, 5.41) is 11.0. The summed E-state index contributed by atoms with van der Waals surface area (Å²) >= 11 is 1.41. The Morgan fingerprint density at radius 1 is 1.78 bits per heavy atom. The van der Waals surface area contributed by atoms with Crippen LogP contribution in [0.2, 0.25) is 0 Å². The summed E-state index contributed by atoms with van der Waals surface area (Å²) in [7, 11) is 0. The summed E-state index contributed by atoms with van der Waals surface area (Å²) in [6.45, 7) is 1.88. The van der Waals surface area contributed by atoms with Crippen LogP contribution in [0.1, 0.15) is 11.1 Å². The molecule has 3 heteroatoms. The molecule has 1 aromatic rings. The van der Waals surface area contributed by atoms with Gasteiger partial charge in [0.25, 0.3) is 0 Å². The van der Waals surface area contributed by atoms with Crippen molar-refractivity contribution >= 4 is 16.3 Å². The van der Waals surface area contributed by atoms with Gasteiger partial charge in [-0.05, 0) is 17.9 Å². The topological polar surface area (TPSA) is 49.8 Å². The second-order valence-corrected chi connectivity index (χ2v) is 2.68. The first-order valence-corrected chi connectivity index (χ1v) is 3.37. The minimum absolute atomic E-state index is 0.620. The maximum absolute atomic E-state index is 8.46. The molecule has 1 rings (SSSR count). The molecule has 0 bridgehead atoms. The zero-order valence-corrected chi connectivity index (χ0v) is 5.83. The van der Waals surface area contributed by atoms with Crippen molar-refractivity contribution in [3.63, 3.8) is 0 Å². The van der Waals surface area contributed by atoms with Crippen LogP contribution in [0, 0.1) is 18.3 Å². The SMILES string of the molecule is Cc1csc(N)c1C#N. The minimum atomic E-state index is 0.620. The van der Waals surface area contributed by atoms with Crippen molar-refractivity contribution in [3.8, 4) is 6.07 Å². The molecule has 0 unspecified atom stereocenters. The average molecular weight is 138 g/mol. The predicted molar refractivity (Wildman–Crippen MR) is 38.2 cm³/mol.